The van der Waals surface area contributed by atoms with Crippen LogP contribution in [0.3, 0.4) is 0 Å². The van der Waals surface area contributed by atoms with Crippen molar-refractivity contribution in [2.24, 2.45) is 0 Å². The van der Waals surface area contributed by atoms with Gasteiger partial charge in [-0.05, 0) is 14.0 Å². The maximum Gasteiger partial charge on any atom is 0.0412 e. The maximum atomic E-state index is 3.29. The van der Waals surface area contributed by atoms with Crippen LogP contribution in [0.25, 0.3) is 0 Å². The van der Waals surface area contributed by atoms with Gasteiger partial charge in [0.25, 0.3) is 0 Å². The van der Waals surface area contributed by atoms with Gasteiger partial charge in [-0.3, -0.25) is 0 Å². The Morgan fingerprint density at radius 1 is 1.57 bits per heavy atom. The van der Waals surface area contributed by atoms with Gasteiger partial charge in [0.2, 0.25) is 0 Å². The lowest BCUT2D eigenvalue weighted by Crippen LogP contribution is -2.31. The van der Waals surface area contributed by atoms with Crippen LogP contribution in [0.4, 0.5) is 0 Å². The second-order valence-corrected chi connectivity index (χ2v) is 3.80. The van der Waals surface area contributed by atoms with Crippen molar-refractivity contribution in [1.82, 2.24) is 5.32 Å². The van der Waals surface area contributed by atoms with Crippen LogP contribution in [0, 0.1) is 0 Å². The van der Waals surface area contributed by atoms with Crippen LogP contribution in [0.1, 0.15) is 6.92 Å². The van der Waals surface area contributed by atoms with Crippen LogP contribution < -0.4 is 5.32 Å². The summed E-state index contributed by atoms with van der Waals surface area (Å²) < 4.78 is 0. The first-order valence-corrected chi connectivity index (χ1v) is 3.57. The number of fused-ring (bicyclic) bond motifs is 1. The van der Waals surface area contributed by atoms with Crippen LogP contribution in [-0.4, -0.2) is 23.1 Å². The Bertz CT molecular complexity index is 105. The fourth-order valence-corrected chi connectivity index (χ4v) is 2.55. The lowest BCUT2D eigenvalue weighted by molar-refractivity contribution is 0.601. The summed E-state index contributed by atoms with van der Waals surface area (Å²) >= 11 is 2.09. The highest BCUT2D eigenvalue weighted by molar-refractivity contribution is 8.10. The van der Waals surface area contributed by atoms with Gasteiger partial charge >= 0.3 is 0 Å². The molecule has 2 aliphatic rings. The van der Waals surface area contributed by atoms with Crippen molar-refractivity contribution in [2.75, 3.05) is 7.05 Å². The highest BCUT2D eigenvalue weighted by Crippen LogP contribution is 2.69. The molecule has 1 heterocycles. The maximum absolute atomic E-state index is 3.29. The molecule has 0 aromatic rings. The van der Waals surface area contributed by atoms with E-state index in [1.54, 1.807) is 0 Å². The molecule has 0 aromatic carbocycles. The molecule has 0 bridgehead atoms. The summed E-state index contributed by atoms with van der Waals surface area (Å²) in [6.07, 6.45) is 0. The van der Waals surface area contributed by atoms with Gasteiger partial charge in [0.1, 0.15) is 0 Å². The average molecular weight is 115 g/mol. The minimum absolute atomic E-state index is 0.560. The lowest BCUT2D eigenvalue weighted by atomic mass is 10.3. The summed E-state index contributed by atoms with van der Waals surface area (Å²) in [5.74, 6) is 0. The highest BCUT2D eigenvalue weighted by atomic mass is 32.2. The zero-order valence-corrected chi connectivity index (χ0v) is 5.38. The zero-order valence-electron chi connectivity index (χ0n) is 4.56. The Balaban J connectivity index is 2.06. The zero-order chi connectivity index (χ0) is 5.07. The van der Waals surface area contributed by atoms with Gasteiger partial charge in [-0.2, -0.15) is 0 Å². The molecule has 0 spiro atoms. The van der Waals surface area contributed by atoms with Crippen molar-refractivity contribution in [1.29, 1.82) is 0 Å². The number of thioether (sulfide) groups is 1. The third-order valence-electron chi connectivity index (χ3n) is 2.10. The quantitative estimate of drug-likeness (QED) is 0.498. The molecule has 2 rings (SSSR count). The molecule has 0 aromatic heterocycles. The van der Waals surface area contributed by atoms with Crippen LogP contribution in [-0.2, 0) is 0 Å². The van der Waals surface area contributed by atoms with E-state index >= 15 is 0 Å². The van der Waals surface area contributed by atoms with Gasteiger partial charge in [-0.15, -0.1) is 11.8 Å². The van der Waals surface area contributed by atoms with Gasteiger partial charge in [-0.1, -0.05) is 0 Å². The number of hydrogen-bond donors (Lipinski definition) is 1. The molecule has 0 amide bonds. The molecule has 7 heavy (non-hydrogen) atoms. The molecule has 1 aliphatic carbocycles. The molecule has 2 fully saturated rings. The average Bonchev–Trinajstić information content (AvgIpc) is 2.46. The molecule has 0 radical (unpaired) electrons. The second kappa shape index (κ2) is 0.869. The van der Waals surface area contributed by atoms with Crippen molar-refractivity contribution < 1.29 is 0 Å². The summed E-state index contributed by atoms with van der Waals surface area (Å²) in [5.41, 5.74) is 0.560. The Hall–Kier alpha value is 0.310. The fourth-order valence-electron chi connectivity index (χ4n) is 1.04. The summed E-state index contributed by atoms with van der Waals surface area (Å²) in [6, 6.07) is 0. The molecule has 1 N–H and O–H groups in total. The smallest absolute Gasteiger partial charge is 0.0412 e. The van der Waals surface area contributed by atoms with E-state index in [2.05, 4.69) is 24.0 Å². The molecule has 2 heteroatoms. The molecular weight excluding hydrogens is 106 g/mol. The minimum atomic E-state index is 0.560. The Kier molecular flexibility index (Phi) is 0.523. The first-order chi connectivity index (χ1) is 3.29. The van der Waals surface area contributed by atoms with E-state index in [4.69, 9.17) is 0 Å². The van der Waals surface area contributed by atoms with Gasteiger partial charge in [0.05, 0.1) is 0 Å². The van der Waals surface area contributed by atoms with Crippen LogP contribution in [0.15, 0.2) is 0 Å². The molecule has 2 unspecified atom stereocenters. The van der Waals surface area contributed by atoms with Gasteiger partial charge in [-0.25, -0.2) is 0 Å². The van der Waals surface area contributed by atoms with E-state index in [9.17, 15) is 0 Å². The van der Waals surface area contributed by atoms with Crippen molar-refractivity contribution in [3.63, 3.8) is 0 Å². The summed E-state index contributed by atoms with van der Waals surface area (Å²) in [5, 5.41) is 5.26. The normalized spacial score (nSPS) is 64.3. The number of hydrogen-bond acceptors (Lipinski definition) is 2. The monoisotopic (exact) mass is 115 g/mol. The standard InChI is InChI=1S/C5H9NS/c1-5(6-2)3-4(5)7-3/h3-4,6H,1-2H3. The van der Waals surface area contributed by atoms with Gasteiger partial charge in [0, 0.05) is 16.0 Å². The summed E-state index contributed by atoms with van der Waals surface area (Å²) in [7, 11) is 2.05. The molecule has 1 saturated heterocycles. The van der Waals surface area contributed by atoms with E-state index < -0.39 is 0 Å². The summed E-state index contributed by atoms with van der Waals surface area (Å²) in [6.45, 7) is 2.29. The third kappa shape index (κ3) is 0.314. The predicted molar refractivity (Wildman–Crippen MR) is 32.6 cm³/mol. The first-order valence-electron chi connectivity index (χ1n) is 2.63. The first kappa shape index (κ1) is 4.21. The van der Waals surface area contributed by atoms with Crippen LogP contribution in [0.2, 0.25) is 0 Å². The van der Waals surface area contributed by atoms with E-state index in [1.165, 1.54) is 0 Å². The molecule has 1 nitrogen and oxygen atoms in total. The van der Waals surface area contributed by atoms with Gasteiger partial charge < -0.3 is 5.32 Å². The summed E-state index contributed by atoms with van der Waals surface area (Å²) in [4.78, 5) is 0. The van der Waals surface area contributed by atoms with E-state index in [-0.39, 0.29) is 0 Å². The van der Waals surface area contributed by atoms with Gasteiger partial charge in [0.15, 0.2) is 0 Å². The lowest BCUT2D eigenvalue weighted by Gasteiger charge is -2.12. The largest absolute Gasteiger partial charge is 0.312 e. The molecular formula is C5H9NS. The second-order valence-electron chi connectivity index (χ2n) is 2.51. The van der Waals surface area contributed by atoms with Crippen LogP contribution in [0.5, 0.6) is 0 Å². The molecule has 40 valence electrons. The number of rotatable bonds is 1. The molecule has 1 saturated carbocycles. The van der Waals surface area contributed by atoms with E-state index in [1.807, 2.05) is 7.05 Å². The predicted octanol–water partition coefficient (Wildman–Crippen LogP) is 0.462. The SMILES string of the molecule is CNC1(C)C2SC21. The Morgan fingerprint density at radius 2 is 2.14 bits per heavy atom. The van der Waals surface area contributed by atoms with E-state index in [0.29, 0.717) is 5.54 Å². The van der Waals surface area contributed by atoms with Crippen molar-refractivity contribution in [2.45, 2.75) is 23.0 Å². The van der Waals surface area contributed by atoms with Crippen molar-refractivity contribution in [3.8, 4) is 0 Å². The topological polar surface area (TPSA) is 12.0 Å². The minimum Gasteiger partial charge on any atom is -0.312 e. The van der Waals surface area contributed by atoms with E-state index in [0.717, 1.165) is 10.5 Å². The van der Waals surface area contributed by atoms with Crippen molar-refractivity contribution in [3.05, 3.63) is 0 Å². The fraction of sp³-hybridized carbons (Fsp3) is 1.00. The highest BCUT2D eigenvalue weighted by Gasteiger charge is 2.75. The number of nitrogens with one attached hydrogen (secondary N) is 1. The van der Waals surface area contributed by atoms with Crippen LogP contribution >= 0.6 is 11.8 Å². The molecule has 1 aliphatic heterocycles. The molecule has 2 atom stereocenters. The Labute approximate surface area is 47.9 Å². The third-order valence-corrected chi connectivity index (χ3v) is 3.90. The van der Waals surface area contributed by atoms with Crippen molar-refractivity contribution >= 4 is 11.8 Å². The Morgan fingerprint density at radius 3 is 2.14 bits per heavy atom.